The number of aromatic nitrogens is 2. The third-order valence-electron chi connectivity index (χ3n) is 3.36. The zero-order valence-corrected chi connectivity index (χ0v) is 12.6. The van der Waals surface area contributed by atoms with E-state index in [0.29, 0.717) is 17.1 Å². The van der Waals surface area contributed by atoms with E-state index in [1.165, 1.54) is 0 Å². The van der Waals surface area contributed by atoms with Gasteiger partial charge in [0.2, 0.25) is 0 Å². The van der Waals surface area contributed by atoms with Crippen LogP contribution in [-0.2, 0) is 13.6 Å². The summed E-state index contributed by atoms with van der Waals surface area (Å²) in [6.45, 7) is 2.60. The molecule has 0 fully saturated rings. The summed E-state index contributed by atoms with van der Waals surface area (Å²) in [4.78, 5) is 14.4. The van der Waals surface area contributed by atoms with Gasteiger partial charge in [0.25, 0.3) is 0 Å². The summed E-state index contributed by atoms with van der Waals surface area (Å²) in [6, 6.07) is 6.81. The van der Waals surface area contributed by atoms with Crippen molar-refractivity contribution in [2.24, 2.45) is 7.05 Å². The number of nitrogens with zero attached hydrogens (tertiary/aromatic N) is 3. The Balaban J connectivity index is 2.04. The van der Waals surface area contributed by atoms with Crippen LogP contribution >= 0.6 is 11.6 Å². The van der Waals surface area contributed by atoms with Crippen LogP contribution in [0.5, 0.6) is 0 Å². The van der Waals surface area contributed by atoms with Crippen LogP contribution in [0.15, 0.2) is 36.7 Å². The molecule has 1 aromatic heterocycles. The third-order valence-corrected chi connectivity index (χ3v) is 3.61. The van der Waals surface area contributed by atoms with E-state index < -0.39 is 0 Å². The van der Waals surface area contributed by atoms with Gasteiger partial charge in [-0.1, -0.05) is 11.6 Å². The molecule has 20 heavy (non-hydrogen) atoms. The molecule has 106 valence electrons. The van der Waals surface area contributed by atoms with Crippen LogP contribution in [0.4, 0.5) is 0 Å². The van der Waals surface area contributed by atoms with Gasteiger partial charge in [0.15, 0.2) is 5.78 Å². The first-order valence-electron chi connectivity index (χ1n) is 6.45. The summed E-state index contributed by atoms with van der Waals surface area (Å²) < 4.78 is 1.76. The van der Waals surface area contributed by atoms with E-state index in [1.807, 2.05) is 38.3 Å². The van der Waals surface area contributed by atoms with Gasteiger partial charge in [-0.25, -0.2) is 0 Å². The van der Waals surface area contributed by atoms with Crippen molar-refractivity contribution in [3.05, 3.63) is 52.8 Å². The Kier molecular flexibility index (Phi) is 4.57. The van der Waals surface area contributed by atoms with Crippen LogP contribution in [0.25, 0.3) is 0 Å². The molecular formula is C15H18ClN3O. The highest BCUT2D eigenvalue weighted by Gasteiger charge is 2.20. The molecule has 0 radical (unpaired) electrons. The highest BCUT2D eigenvalue weighted by atomic mass is 35.5. The Morgan fingerprint density at radius 1 is 1.40 bits per heavy atom. The van der Waals surface area contributed by atoms with Crippen molar-refractivity contribution in [3.63, 3.8) is 0 Å². The maximum atomic E-state index is 12.4. The molecule has 0 N–H and O–H groups in total. The van der Waals surface area contributed by atoms with Crippen LogP contribution in [0.2, 0.25) is 5.02 Å². The fourth-order valence-corrected chi connectivity index (χ4v) is 2.16. The van der Waals surface area contributed by atoms with Gasteiger partial charge in [0.1, 0.15) is 0 Å². The van der Waals surface area contributed by atoms with E-state index in [2.05, 4.69) is 5.10 Å². The van der Waals surface area contributed by atoms with Gasteiger partial charge in [0.05, 0.1) is 12.2 Å². The second kappa shape index (κ2) is 6.20. The number of carbonyl (C=O) groups excluding carboxylic acids is 1. The highest BCUT2D eigenvalue weighted by molar-refractivity contribution is 6.30. The molecule has 1 aromatic carbocycles. The third kappa shape index (κ3) is 3.46. The van der Waals surface area contributed by atoms with Crippen molar-refractivity contribution in [1.29, 1.82) is 0 Å². The van der Waals surface area contributed by atoms with Crippen LogP contribution in [0.1, 0.15) is 22.8 Å². The summed E-state index contributed by atoms with van der Waals surface area (Å²) >= 11 is 5.84. The fourth-order valence-electron chi connectivity index (χ4n) is 2.03. The second-order valence-corrected chi connectivity index (χ2v) is 5.42. The first-order valence-corrected chi connectivity index (χ1v) is 6.82. The zero-order valence-electron chi connectivity index (χ0n) is 11.9. The summed E-state index contributed by atoms with van der Waals surface area (Å²) in [5.74, 6) is 0.0908. The zero-order chi connectivity index (χ0) is 14.7. The lowest BCUT2D eigenvalue weighted by Gasteiger charge is -2.23. The van der Waals surface area contributed by atoms with Crippen molar-refractivity contribution >= 4 is 17.4 Å². The number of halogens is 1. The molecule has 5 heteroatoms. The average Bonchev–Trinajstić information content (AvgIpc) is 2.83. The van der Waals surface area contributed by atoms with Crippen LogP contribution in [-0.4, -0.2) is 33.6 Å². The van der Waals surface area contributed by atoms with Crippen molar-refractivity contribution < 1.29 is 4.79 Å². The molecule has 4 nitrogen and oxygen atoms in total. The molecule has 0 saturated heterocycles. The van der Waals surface area contributed by atoms with Crippen LogP contribution < -0.4 is 0 Å². The molecule has 0 amide bonds. The molecule has 0 aliphatic heterocycles. The van der Waals surface area contributed by atoms with Crippen LogP contribution in [0.3, 0.4) is 0 Å². The molecule has 1 atom stereocenters. The first-order chi connectivity index (χ1) is 9.47. The van der Waals surface area contributed by atoms with Gasteiger partial charge in [-0.2, -0.15) is 5.10 Å². The first kappa shape index (κ1) is 14.8. The average molecular weight is 292 g/mol. The molecule has 1 heterocycles. The molecule has 1 unspecified atom stereocenters. The van der Waals surface area contributed by atoms with Gasteiger partial charge in [-0.15, -0.1) is 0 Å². The summed E-state index contributed by atoms with van der Waals surface area (Å²) in [5.41, 5.74) is 1.77. The number of ketones is 1. The summed E-state index contributed by atoms with van der Waals surface area (Å²) in [5, 5.41) is 4.77. The lowest BCUT2D eigenvalue weighted by molar-refractivity contribution is 0.0862. The Morgan fingerprint density at radius 2 is 2.05 bits per heavy atom. The van der Waals surface area contributed by atoms with Crippen molar-refractivity contribution in [3.8, 4) is 0 Å². The molecule has 0 bridgehead atoms. The van der Waals surface area contributed by atoms with E-state index in [4.69, 9.17) is 11.6 Å². The molecule has 0 spiro atoms. The molecule has 0 aliphatic rings. The Labute approximate surface area is 124 Å². The standard InChI is InChI=1S/C15H18ClN3O/c1-11(15(20)13-4-6-14(16)7-5-13)18(2)9-12-8-17-19(3)10-12/h4-8,10-11H,9H2,1-3H3. The Morgan fingerprint density at radius 3 is 2.60 bits per heavy atom. The van der Waals surface area contributed by atoms with E-state index in [9.17, 15) is 4.79 Å². The summed E-state index contributed by atoms with van der Waals surface area (Å²) in [7, 11) is 3.82. The SMILES string of the molecule is CC(C(=O)c1ccc(Cl)cc1)N(C)Cc1cnn(C)c1. The minimum atomic E-state index is -0.198. The number of hydrogen-bond acceptors (Lipinski definition) is 3. The number of aryl methyl sites for hydroxylation is 1. The number of rotatable bonds is 5. The van der Waals surface area contributed by atoms with Gasteiger partial charge >= 0.3 is 0 Å². The van der Waals surface area contributed by atoms with E-state index in [0.717, 1.165) is 5.56 Å². The van der Waals surface area contributed by atoms with Crippen LogP contribution in [0, 0.1) is 0 Å². The molecule has 2 aromatic rings. The molecular weight excluding hydrogens is 274 g/mol. The number of carbonyl (C=O) groups is 1. The topological polar surface area (TPSA) is 38.1 Å². The predicted octanol–water partition coefficient (Wildman–Crippen LogP) is 2.78. The lowest BCUT2D eigenvalue weighted by Crippen LogP contribution is -2.35. The predicted molar refractivity (Wildman–Crippen MR) is 79.9 cm³/mol. The number of hydrogen-bond donors (Lipinski definition) is 0. The molecule has 0 aliphatic carbocycles. The number of benzene rings is 1. The Hall–Kier alpha value is -1.65. The van der Waals surface area contributed by atoms with Crippen molar-refractivity contribution in [1.82, 2.24) is 14.7 Å². The van der Waals surface area contributed by atoms with Crippen molar-refractivity contribution in [2.45, 2.75) is 19.5 Å². The van der Waals surface area contributed by atoms with Gasteiger partial charge in [-0.3, -0.25) is 14.4 Å². The molecule has 2 rings (SSSR count). The van der Waals surface area contributed by atoms with Gasteiger partial charge in [-0.05, 0) is 38.2 Å². The normalized spacial score (nSPS) is 12.7. The van der Waals surface area contributed by atoms with E-state index >= 15 is 0 Å². The maximum absolute atomic E-state index is 12.4. The molecule has 0 saturated carbocycles. The number of likely N-dealkylation sites (N-methyl/N-ethyl adjacent to an activating group) is 1. The van der Waals surface area contributed by atoms with Gasteiger partial charge in [0, 0.05) is 35.9 Å². The van der Waals surface area contributed by atoms with E-state index in [1.54, 1.807) is 28.9 Å². The fraction of sp³-hybridized carbons (Fsp3) is 0.333. The second-order valence-electron chi connectivity index (χ2n) is 4.98. The lowest BCUT2D eigenvalue weighted by atomic mass is 10.0. The smallest absolute Gasteiger partial charge is 0.179 e. The van der Waals surface area contributed by atoms with E-state index in [-0.39, 0.29) is 11.8 Å². The minimum Gasteiger partial charge on any atom is -0.292 e. The number of Topliss-reactive ketones (excluding diaryl/α,β-unsaturated/α-hetero) is 1. The quantitative estimate of drug-likeness (QED) is 0.795. The van der Waals surface area contributed by atoms with Gasteiger partial charge < -0.3 is 0 Å². The monoisotopic (exact) mass is 291 g/mol. The summed E-state index contributed by atoms with van der Waals surface area (Å²) in [6.07, 6.45) is 3.77. The largest absolute Gasteiger partial charge is 0.292 e. The minimum absolute atomic E-state index is 0.0908. The Bertz CT molecular complexity index is 591. The maximum Gasteiger partial charge on any atom is 0.179 e. The van der Waals surface area contributed by atoms with Crippen molar-refractivity contribution in [2.75, 3.05) is 7.05 Å². The highest BCUT2D eigenvalue weighted by Crippen LogP contribution is 2.14.